The zero-order chi connectivity index (χ0) is 10.7. The maximum atomic E-state index is 4.30. The van der Waals surface area contributed by atoms with Crippen LogP contribution in [-0.2, 0) is 0 Å². The Balaban J connectivity index is 2.46. The maximum Gasteiger partial charge on any atom is 0.0890 e. The number of nitrogens with one attached hydrogen (secondary N) is 1. The van der Waals surface area contributed by atoms with E-state index in [0.717, 1.165) is 17.5 Å². The van der Waals surface area contributed by atoms with Crippen molar-refractivity contribution in [1.29, 1.82) is 0 Å². The first-order valence-corrected chi connectivity index (χ1v) is 5.23. The van der Waals surface area contributed by atoms with Crippen molar-refractivity contribution in [2.75, 3.05) is 7.05 Å². The molecule has 0 aliphatic heterocycles. The van der Waals surface area contributed by atoms with Crippen LogP contribution < -0.4 is 5.32 Å². The van der Waals surface area contributed by atoms with Gasteiger partial charge in [-0.1, -0.05) is 13.0 Å². The highest BCUT2D eigenvalue weighted by Crippen LogP contribution is 2.19. The van der Waals surface area contributed by atoms with Crippen LogP contribution >= 0.6 is 0 Å². The van der Waals surface area contributed by atoms with Gasteiger partial charge in [0.25, 0.3) is 0 Å². The number of hydrogen-bond donors (Lipinski definition) is 1. The highest BCUT2D eigenvalue weighted by molar-refractivity contribution is 5.74. The zero-order valence-electron chi connectivity index (χ0n) is 9.07. The molecule has 1 atom stereocenters. The molecule has 0 saturated heterocycles. The van der Waals surface area contributed by atoms with Crippen LogP contribution in [0.15, 0.2) is 30.6 Å². The summed E-state index contributed by atoms with van der Waals surface area (Å²) in [7, 11) is 1.98. The fourth-order valence-electron chi connectivity index (χ4n) is 1.80. The van der Waals surface area contributed by atoms with E-state index in [0.29, 0.717) is 6.04 Å². The number of nitrogens with zero attached hydrogens (tertiary/aromatic N) is 2. The summed E-state index contributed by atoms with van der Waals surface area (Å²) in [5.74, 6) is 0. The lowest BCUT2D eigenvalue weighted by Crippen LogP contribution is -2.15. The summed E-state index contributed by atoms with van der Waals surface area (Å²) >= 11 is 0. The van der Waals surface area contributed by atoms with Crippen LogP contribution in [0.1, 0.15) is 24.9 Å². The van der Waals surface area contributed by atoms with Crippen LogP contribution in [-0.4, -0.2) is 17.0 Å². The van der Waals surface area contributed by atoms with Crippen LogP contribution in [0.4, 0.5) is 0 Å². The summed E-state index contributed by atoms with van der Waals surface area (Å²) in [5.41, 5.74) is 3.18. The van der Waals surface area contributed by atoms with Crippen LogP contribution in [0.25, 0.3) is 11.0 Å². The molecule has 0 saturated carbocycles. The predicted molar refractivity (Wildman–Crippen MR) is 61.6 cm³/mol. The lowest BCUT2D eigenvalue weighted by Gasteiger charge is -2.14. The minimum atomic E-state index is 0.399. The zero-order valence-corrected chi connectivity index (χ0v) is 9.07. The number of benzene rings is 1. The molecule has 1 aromatic carbocycles. The topological polar surface area (TPSA) is 37.8 Å². The summed E-state index contributed by atoms with van der Waals surface area (Å²) < 4.78 is 0. The summed E-state index contributed by atoms with van der Waals surface area (Å²) in [6.07, 6.45) is 4.52. The second-order valence-corrected chi connectivity index (χ2v) is 3.55. The molecule has 3 nitrogen and oxygen atoms in total. The van der Waals surface area contributed by atoms with Crippen LogP contribution in [0.5, 0.6) is 0 Å². The molecular weight excluding hydrogens is 186 g/mol. The number of rotatable bonds is 3. The number of aromatic nitrogens is 2. The van der Waals surface area contributed by atoms with Crippen molar-refractivity contribution in [2.24, 2.45) is 0 Å². The Bertz CT molecular complexity index is 449. The van der Waals surface area contributed by atoms with E-state index in [2.05, 4.69) is 34.3 Å². The Labute approximate surface area is 89.6 Å². The Kier molecular flexibility index (Phi) is 2.92. The molecule has 0 aliphatic rings. The second kappa shape index (κ2) is 4.36. The van der Waals surface area contributed by atoms with Crippen LogP contribution in [0.3, 0.4) is 0 Å². The third kappa shape index (κ3) is 1.97. The quantitative estimate of drug-likeness (QED) is 0.828. The molecule has 0 amide bonds. The normalized spacial score (nSPS) is 12.9. The monoisotopic (exact) mass is 201 g/mol. The van der Waals surface area contributed by atoms with Crippen molar-refractivity contribution in [3.8, 4) is 0 Å². The SMILES string of the molecule is CCC(NC)c1ccc2nccnc2c1. The Morgan fingerprint density at radius 2 is 1.93 bits per heavy atom. The fourth-order valence-corrected chi connectivity index (χ4v) is 1.80. The van der Waals surface area contributed by atoms with E-state index in [1.807, 2.05) is 13.1 Å². The third-order valence-electron chi connectivity index (χ3n) is 2.65. The molecule has 78 valence electrons. The second-order valence-electron chi connectivity index (χ2n) is 3.55. The average Bonchev–Trinajstić information content (AvgIpc) is 2.30. The molecular formula is C12H15N3. The van der Waals surface area contributed by atoms with Gasteiger partial charge in [0.1, 0.15) is 0 Å². The van der Waals surface area contributed by atoms with Gasteiger partial charge in [-0.3, -0.25) is 9.97 Å². The standard InChI is InChI=1S/C12H15N3/c1-3-10(13-2)9-4-5-11-12(8-9)15-7-6-14-11/h4-8,10,13H,3H2,1-2H3. The van der Waals surface area contributed by atoms with E-state index in [1.54, 1.807) is 12.4 Å². The molecule has 0 fully saturated rings. The van der Waals surface area contributed by atoms with Gasteiger partial charge in [0.2, 0.25) is 0 Å². The minimum Gasteiger partial charge on any atom is -0.313 e. The van der Waals surface area contributed by atoms with Crippen molar-refractivity contribution in [2.45, 2.75) is 19.4 Å². The predicted octanol–water partition coefficient (Wildman–Crippen LogP) is 2.30. The van der Waals surface area contributed by atoms with Gasteiger partial charge < -0.3 is 5.32 Å². The van der Waals surface area contributed by atoms with Crippen LogP contribution in [0, 0.1) is 0 Å². The lowest BCUT2D eigenvalue weighted by molar-refractivity contribution is 0.577. The smallest absolute Gasteiger partial charge is 0.0890 e. The van der Waals surface area contributed by atoms with E-state index in [4.69, 9.17) is 0 Å². The van der Waals surface area contributed by atoms with Gasteiger partial charge >= 0.3 is 0 Å². The first kappa shape index (κ1) is 10.1. The summed E-state index contributed by atoms with van der Waals surface area (Å²) in [6.45, 7) is 2.17. The average molecular weight is 201 g/mol. The van der Waals surface area contributed by atoms with Gasteiger partial charge in [0.15, 0.2) is 0 Å². The highest BCUT2D eigenvalue weighted by Gasteiger charge is 2.07. The summed E-state index contributed by atoms with van der Waals surface area (Å²) in [4.78, 5) is 8.55. The third-order valence-corrected chi connectivity index (χ3v) is 2.65. The van der Waals surface area contributed by atoms with Crippen molar-refractivity contribution in [3.05, 3.63) is 36.2 Å². The molecule has 0 radical (unpaired) electrons. The van der Waals surface area contributed by atoms with Crippen molar-refractivity contribution in [3.63, 3.8) is 0 Å². The molecule has 2 rings (SSSR count). The van der Waals surface area contributed by atoms with E-state index in [1.165, 1.54) is 5.56 Å². The largest absolute Gasteiger partial charge is 0.313 e. The van der Waals surface area contributed by atoms with E-state index >= 15 is 0 Å². The highest BCUT2D eigenvalue weighted by atomic mass is 14.9. The number of fused-ring (bicyclic) bond motifs is 1. The van der Waals surface area contributed by atoms with E-state index in [9.17, 15) is 0 Å². The molecule has 15 heavy (non-hydrogen) atoms. The molecule has 1 heterocycles. The van der Waals surface area contributed by atoms with Crippen molar-refractivity contribution in [1.82, 2.24) is 15.3 Å². The Hall–Kier alpha value is -1.48. The van der Waals surface area contributed by atoms with E-state index < -0.39 is 0 Å². The lowest BCUT2D eigenvalue weighted by atomic mass is 10.0. The van der Waals surface area contributed by atoms with Crippen molar-refractivity contribution >= 4 is 11.0 Å². The molecule has 2 aromatic rings. The first-order chi connectivity index (χ1) is 7.35. The molecule has 1 unspecified atom stereocenters. The molecule has 3 heteroatoms. The van der Waals surface area contributed by atoms with Gasteiger partial charge in [-0.05, 0) is 31.2 Å². The Morgan fingerprint density at radius 1 is 1.20 bits per heavy atom. The maximum absolute atomic E-state index is 4.30. The molecule has 1 N–H and O–H groups in total. The van der Waals surface area contributed by atoms with Gasteiger partial charge in [0, 0.05) is 18.4 Å². The Morgan fingerprint density at radius 3 is 2.60 bits per heavy atom. The summed E-state index contributed by atoms with van der Waals surface area (Å²) in [6, 6.07) is 6.64. The van der Waals surface area contributed by atoms with Crippen LogP contribution in [0.2, 0.25) is 0 Å². The molecule has 0 aliphatic carbocycles. The van der Waals surface area contributed by atoms with Gasteiger partial charge in [-0.2, -0.15) is 0 Å². The van der Waals surface area contributed by atoms with E-state index in [-0.39, 0.29) is 0 Å². The fraction of sp³-hybridized carbons (Fsp3) is 0.333. The molecule has 0 spiro atoms. The molecule has 1 aromatic heterocycles. The van der Waals surface area contributed by atoms with Gasteiger partial charge in [0.05, 0.1) is 11.0 Å². The minimum absolute atomic E-state index is 0.399. The first-order valence-electron chi connectivity index (χ1n) is 5.23. The summed E-state index contributed by atoms with van der Waals surface area (Å²) in [5, 5.41) is 3.28. The van der Waals surface area contributed by atoms with Gasteiger partial charge in [-0.15, -0.1) is 0 Å². The number of hydrogen-bond acceptors (Lipinski definition) is 3. The molecule has 0 bridgehead atoms. The van der Waals surface area contributed by atoms with Gasteiger partial charge in [-0.25, -0.2) is 0 Å². The van der Waals surface area contributed by atoms with Crippen molar-refractivity contribution < 1.29 is 0 Å².